The molecule has 2 heterocycles. The van der Waals surface area contributed by atoms with Crippen LogP contribution >= 0.6 is 0 Å². The number of esters is 1. The summed E-state index contributed by atoms with van der Waals surface area (Å²) >= 11 is 0. The number of para-hydroxylation sites is 1. The van der Waals surface area contributed by atoms with E-state index < -0.39 is 0 Å². The van der Waals surface area contributed by atoms with Gasteiger partial charge in [0.15, 0.2) is 0 Å². The molecular formula is C20H26N2O2. The van der Waals surface area contributed by atoms with E-state index in [1.807, 2.05) is 13.0 Å². The molecule has 4 heteroatoms. The number of nitrogens with zero attached hydrogens (tertiary/aromatic N) is 1. The number of rotatable bonds is 5. The van der Waals surface area contributed by atoms with Crippen molar-refractivity contribution in [1.82, 2.24) is 9.88 Å². The maximum Gasteiger partial charge on any atom is 0.354 e. The molecule has 4 nitrogen and oxygen atoms in total. The minimum absolute atomic E-state index is 0.189. The second-order valence-electron chi connectivity index (χ2n) is 7.11. The maximum atomic E-state index is 12.5. The van der Waals surface area contributed by atoms with E-state index in [-0.39, 0.29) is 5.97 Å². The topological polar surface area (TPSA) is 43.3 Å². The zero-order valence-corrected chi connectivity index (χ0v) is 14.4. The average Bonchev–Trinajstić information content (AvgIpc) is 3.35. The summed E-state index contributed by atoms with van der Waals surface area (Å²) in [5.41, 5.74) is 3.39. The highest BCUT2D eigenvalue weighted by molar-refractivity contribution is 5.97. The van der Waals surface area contributed by atoms with Crippen LogP contribution in [0.4, 0.5) is 0 Å². The standard InChI is InChI=1S/C20H26N2O2/c1-2-24-20(23)18-12-16-4-3-5-17(15-8-10-21-11-9-15)19(16)22(18)13-14-6-7-14/h3-5,12,14-15,21H,2,6-11,13H2,1H3. The van der Waals surface area contributed by atoms with Gasteiger partial charge in [-0.3, -0.25) is 0 Å². The van der Waals surface area contributed by atoms with Crippen molar-refractivity contribution in [2.24, 2.45) is 5.92 Å². The predicted molar refractivity (Wildman–Crippen MR) is 95.5 cm³/mol. The fourth-order valence-electron chi connectivity index (χ4n) is 3.94. The van der Waals surface area contributed by atoms with Gasteiger partial charge in [0, 0.05) is 11.9 Å². The van der Waals surface area contributed by atoms with Gasteiger partial charge in [-0.05, 0) is 69.2 Å². The number of aromatic nitrogens is 1. The van der Waals surface area contributed by atoms with Crippen molar-refractivity contribution < 1.29 is 9.53 Å². The normalized spacial score (nSPS) is 18.9. The summed E-state index contributed by atoms with van der Waals surface area (Å²) < 4.78 is 7.57. The van der Waals surface area contributed by atoms with Gasteiger partial charge in [0.05, 0.1) is 12.1 Å². The highest BCUT2D eigenvalue weighted by Crippen LogP contribution is 2.37. The molecule has 4 rings (SSSR count). The Bertz CT molecular complexity index is 739. The number of fused-ring (bicyclic) bond motifs is 1. The van der Waals surface area contributed by atoms with Gasteiger partial charge in [-0.2, -0.15) is 0 Å². The first kappa shape index (κ1) is 15.7. The summed E-state index contributed by atoms with van der Waals surface area (Å²) in [5.74, 6) is 1.11. The van der Waals surface area contributed by atoms with Crippen molar-refractivity contribution in [2.75, 3.05) is 19.7 Å². The summed E-state index contributed by atoms with van der Waals surface area (Å²) in [5, 5.41) is 4.62. The molecule has 1 N–H and O–H groups in total. The molecular weight excluding hydrogens is 300 g/mol. The highest BCUT2D eigenvalue weighted by Gasteiger charge is 2.28. The number of benzene rings is 1. The molecule has 0 bridgehead atoms. The van der Waals surface area contributed by atoms with Crippen molar-refractivity contribution in [3.05, 3.63) is 35.5 Å². The van der Waals surface area contributed by atoms with Gasteiger partial charge in [-0.25, -0.2) is 4.79 Å². The quantitative estimate of drug-likeness (QED) is 0.852. The SMILES string of the molecule is CCOC(=O)c1cc2cccc(C3CCNCC3)c2n1CC1CC1. The Morgan fingerprint density at radius 2 is 2.04 bits per heavy atom. The van der Waals surface area contributed by atoms with Gasteiger partial charge in [-0.1, -0.05) is 18.2 Å². The number of ether oxygens (including phenoxy) is 1. The van der Waals surface area contributed by atoms with E-state index in [1.165, 1.54) is 42.1 Å². The molecule has 0 spiro atoms. The van der Waals surface area contributed by atoms with Crippen LogP contribution < -0.4 is 5.32 Å². The molecule has 2 fully saturated rings. The number of hydrogen-bond donors (Lipinski definition) is 1. The van der Waals surface area contributed by atoms with E-state index >= 15 is 0 Å². The molecule has 0 atom stereocenters. The Hall–Kier alpha value is -1.81. The van der Waals surface area contributed by atoms with Gasteiger partial charge in [0.2, 0.25) is 0 Å². The van der Waals surface area contributed by atoms with E-state index in [1.54, 1.807) is 0 Å². The molecule has 2 aliphatic rings. The molecule has 1 aromatic heterocycles. The lowest BCUT2D eigenvalue weighted by atomic mass is 9.89. The summed E-state index contributed by atoms with van der Waals surface area (Å²) in [4.78, 5) is 12.5. The lowest BCUT2D eigenvalue weighted by molar-refractivity contribution is 0.0514. The molecule has 0 unspecified atom stereocenters. The molecule has 128 valence electrons. The summed E-state index contributed by atoms with van der Waals surface area (Å²) in [7, 11) is 0. The Balaban J connectivity index is 1.82. The van der Waals surface area contributed by atoms with Gasteiger partial charge in [0.25, 0.3) is 0 Å². The van der Waals surface area contributed by atoms with Gasteiger partial charge < -0.3 is 14.6 Å². The van der Waals surface area contributed by atoms with Crippen LogP contribution in [-0.2, 0) is 11.3 Å². The van der Waals surface area contributed by atoms with E-state index in [0.717, 1.165) is 31.2 Å². The zero-order valence-electron chi connectivity index (χ0n) is 14.4. The van der Waals surface area contributed by atoms with E-state index in [9.17, 15) is 4.79 Å². The molecule has 2 aromatic rings. The smallest absolute Gasteiger partial charge is 0.354 e. The molecule has 1 saturated carbocycles. The molecule has 1 aliphatic carbocycles. The number of carbonyl (C=O) groups excluding carboxylic acids is 1. The largest absolute Gasteiger partial charge is 0.461 e. The fraction of sp³-hybridized carbons (Fsp3) is 0.550. The Morgan fingerprint density at radius 3 is 2.75 bits per heavy atom. The van der Waals surface area contributed by atoms with E-state index in [2.05, 4.69) is 28.1 Å². The van der Waals surface area contributed by atoms with Crippen molar-refractivity contribution in [2.45, 2.75) is 45.1 Å². The minimum atomic E-state index is -0.189. The van der Waals surface area contributed by atoms with Crippen LogP contribution in [0.15, 0.2) is 24.3 Å². The Morgan fingerprint density at radius 1 is 1.25 bits per heavy atom. The third-order valence-corrected chi connectivity index (χ3v) is 5.35. The minimum Gasteiger partial charge on any atom is -0.461 e. The number of hydrogen-bond acceptors (Lipinski definition) is 3. The van der Waals surface area contributed by atoms with Crippen LogP contribution in [-0.4, -0.2) is 30.2 Å². The van der Waals surface area contributed by atoms with Crippen LogP contribution in [0.5, 0.6) is 0 Å². The monoisotopic (exact) mass is 326 g/mol. The lowest BCUT2D eigenvalue weighted by Crippen LogP contribution is -2.27. The highest BCUT2D eigenvalue weighted by atomic mass is 16.5. The predicted octanol–water partition coefficient (Wildman–Crippen LogP) is 3.70. The fourth-order valence-corrected chi connectivity index (χ4v) is 3.94. The molecule has 24 heavy (non-hydrogen) atoms. The third kappa shape index (κ3) is 2.95. The Labute approximate surface area is 143 Å². The summed E-state index contributed by atoms with van der Waals surface area (Å²) in [6.07, 6.45) is 4.89. The number of nitrogens with one attached hydrogen (secondary N) is 1. The zero-order chi connectivity index (χ0) is 16.5. The second kappa shape index (κ2) is 6.60. The molecule has 1 saturated heterocycles. The van der Waals surface area contributed by atoms with Crippen LogP contribution in [0, 0.1) is 5.92 Å². The van der Waals surface area contributed by atoms with Gasteiger partial charge in [0.1, 0.15) is 5.69 Å². The lowest BCUT2D eigenvalue weighted by Gasteiger charge is -2.24. The first-order valence-electron chi connectivity index (χ1n) is 9.28. The summed E-state index contributed by atoms with van der Waals surface area (Å²) in [6.45, 7) is 5.39. The van der Waals surface area contributed by atoms with Crippen LogP contribution in [0.2, 0.25) is 0 Å². The van der Waals surface area contributed by atoms with Crippen molar-refractivity contribution in [3.8, 4) is 0 Å². The van der Waals surface area contributed by atoms with Crippen molar-refractivity contribution in [1.29, 1.82) is 0 Å². The maximum absolute atomic E-state index is 12.5. The van der Waals surface area contributed by atoms with Crippen LogP contribution in [0.25, 0.3) is 10.9 Å². The van der Waals surface area contributed by atoms with Gasteiger partial charge in [-0.15, -0.1) is 0 Å². The summed E-state index contributed by atoms with van der Waals surface area (Å²) in [6, 6.07) is 8.55. The van der Waals surface area contributed by atoms with Crippen molar-refractivity contribution >= 4 is 16.9 Å². The molecule has 1 aromatic carbocycles. The van der Waals surface area contributed by atoms with Crippen LogP contribution in [0.3, 0.4) is 0 Å². The first-order chi connectivity index (χ1) is 11.8. The number of carbonyl (C=O) groups is 1. The third-order valence-electron chi connectivity index (χ3n) is 5.35. The van der Waals surface area contributed by atoms with Gasteiger partial charge >= 0.3 is 5.97 Å². The second-order valence-corrected chi connectivity index (χ2v) is 7.11. The molecule has 0 radical (unpaired) electrons. The van der Waals surface area contributed by atoms with Crippen molar-refractivity contribution in [3.63, 3.8) is 0 Å². The Kier molecular flexibility index (Phi) is 4.31. The van der Waals surface area contributed by atoms with E-state index in [4.69, 9.17) is 4.74 Å². The van der Waals surface area contributed by atoms with E-state index in [0.29, 0.717) is 12.5 Å². The van der Waals surface area contributed by atoms with Crippen LogP contribution in [0.1, 0.15) is 54.6 Å². The average molecular weight is 326 g/mol. The number of piperidine rings is 1. The molecule has 0 amide bonds. The first-order valence-corrected chi connectivity index (χ1v) is 9.28. The molecule has 1 aliphatic heterocycles.